The molecule has 1 aliphatic carbocycles. The second kappa shape index (κ2) is 8.22. The molecule has 1 heterocycles. The van der Waals surface area contributed by atoms with Crippen LogP contribution in [-0.4, -0.2) is 29.9 Å². The van der Waals surface area contributed by atoms with Crippen LogP contribution in [0.25, 0.3) is 0 Å². The number of benzene rings is 2. The number of hydrogen-bond donors (Lipinski definition) is 2. The summed E-state index contributed by atoms with van der Waals surface area (Å²) in [5, 5.41) is 3.04. The van der Waals surface area contributed by atoms with E-state index in [4.69, 9.17) is 11.6 Å². The molecule has 4 rings (SSSR count). The van der Waals surface area contributed by atoms with Gasteiger partial charge < -0.3 is 9.88 Å². The summed E-state index contributed by atoms with van der Waals surface area (Å²) in [6.07, 6.45) is 5.07. The van der Waals surface area contributed by atoms with E-state index in [1.165, 1.54) is 18.2 Å². The smallest absolute Gasteiger partial charge is 0.252 e. The van der Waals surface area contributed by atoms with Crippen LogP contribution in [0.5, 0.6) is 0 Å². The zero-order valence-corrected chi connectivity index (χ0v) is 17.8. The van der Waals surface area contributed by atoms with Gasteiger partial charge >= 0.3 is 0 Å². The predicted molar refractivity (Wildman–Crippen MR) is 114 cm³/mol. The van der Waals surface area contributed by atoms with Crippen molar-refractivity contribution >= 4 is 27.5 Å². The van der Waals surface area contributed by atoms with Gasteiger partial charge in [-0.2, -0.15) is 0 Å². The molecule has 1 aliphatic rings. The number of halogens is 1. The number of imidazole rings is 1. The summed E-state index contributed by atoms with van der Waals surface area (Å²) in [7, 11) is -1.94. The molecule has 0 spiro atoms. The molecule has 1 atom stereocenters. The lowest BCUT2D eigenvalue weighted by Gasteiger charge is -2.19. The zero-order valence-electron chi connectivity index (χ0n) is 16.2. The van der Waals surface area contributed by atoms with E-state index in [1.807, 2.05) is 41.9 Å². The number of rotatable bonds is 7. The van der Waals surface area contributed by atoms with Gasteiger partial charge in [-0.05, 0) is 36.6 Å². The first-order chi connectivity index (χ1) is 14.3. The molecule has 0 aliphatic heterocycles. The second-order valence-electron chi connectivity index (χ2n) is 7.25. The first-order valence-corrected chi connectivity index (χ1v) is 11.4. The van der Waals surface area contributed by atoms with Gasteiger partial charge in [-0.15, -0.1) is 0 Å². The third-order valence-electron chi connectivity index (χ3n) is 4.91. The van der Waals surface area contributed by atoms with E-state index in [0.717, 1.165) is 18.4 Å². The number of sulfonamides is 1. The van der Waals surface area contributed by atoms with Crippen LogP contribution in [0.2, 0.25) is 5.02 Å². The van der Waals surface area contributed by atoms with Gasteiger partial charge in [0.05, 0.1) is 5.02 Å². The molecule has 0 radical (unpaired) electrons. The topological polar surface area (TPSA) is 93.1 Å². The molecule has 0 saturated heterocycles. The van der Waals surface area contributed by atoms with E-state index in [1.54, 1.807) is 12.4 Å². The van der Waals surface area contributed by atoms with Gasteiger partial charge in [0.1, 0.15) is 16.8 Å². The Balaban J connectivity index is 1.65. The molecule has 2 N–H and O–H groups in total. The average molecular weight is 445 g/mol. The molecule has 1 amide bonds. The molecule has 2 aromatic carbocycles. The average Bonchev–Trinajstić information content (AvgIpc) is 3.43. The van der Waals surface area contributed by atoms with Crippen LogP contribution in [0.4, 0.5) is 0 Å². The molecule has 1 aromatic heterocycles. The minimum atomic E-state index is -3.79. The van der Waals surface area contributed by atoms with Crippen molar-refractivity contribution in [2.24, 2.45) is 7.05 Å². The molecule has 0 bridgehead atoms. The van der Waals surface area contributed by atoms with E-state index >= 15 is 0 Å². The number of nitrogens with one attached hydrogen (secondary N) is 2. The summed E-state index contributed by atoms with van der Waals surface area (Å²) in [6.45, 7) is 0. The zero-order chi connectivity index (χ0) is 21.3. The van der Waals surface area contributed by atoms with Gasteiger partial charge in [0, 0.05) is 31.0 Å². The Kier molecular flexibility index (Phi) is 5.64. The molecular weight excluding hydrogens is 424 g/mol. The summed E-state index contributed by atoms with van der Waals surface area (Å²) in [5.41, 5.74) is 1.06. The highest BCUT2D eigenvalue weighted by Crippen LogP contribution is 2.27. The molecule has 1 saturated carbocycles. The Labute approximate surface area is 180 Å². The Bertz CT molecular complexity index is 1170. The predicted octanol–water partition coefficient (Wildman–Crippen LogP) is 3.03. The van der Waals surface area contributed by atoms with Gasteiger partial charge in [0.25, 0.3) is 5.91 Å². The van der Waals surface area contributed by atoms with E-state index in [9.17, 15) is 13.2 Å². The minimum absolute atomic E-state index is 0.0607. The first kappa shape index (κ1) is 20.6. The van der Waals surface area contributed by atoms with Crippen LogP contribution in [0.15, 0.2) is 65.8 Å². The molecule has 30 heavy (non-hydrogen) atoms. The summed E-state index contributed by atoms with van der Waals surface area (Å²) in [6, 6.07) is 13.1. The molecular formula is C21H21ClN4O3S. The maximum absolute atomic E-state index is 13.1. The van der Waals surface area contributed by atoms with Crippen molar-refractivity contribution < 1.29 is 13.2 Å². The number of carbonyl (C=O) groups is 1. The summed E-state index contributed by atoms with van der Waals surface area (Å²) in [5.74, 6) is 0.234. The third-order valence-corrected chi connectivity index (χ3v) is 6.91. The maximum atomic E-state index is 13.1. The fourth-order valence-corrected chi connectivity index (χ4v) is 4.98. The molecule has 156 valence electrons. The van der Waals surface area contributed by atoms with Gasteiger partial charge in [-0.3, -0.25) is 4.79 Å². The van der Waals surface area contributed by atoms with Crippen LogP contribution < -0.4 is 10.0 Å². The number of aryl methyl sites for hydroxylation is 1. The summed E-state index contributed by atoms with van der Waals surface area (Å²) >= 11 is 6.13. The highest BCUT2D eigenvalue weighted by Gasteiger charge is 2.30. The number of hydrogen-bond acceptors (Lipinski definition) is 4. The van der Waals surface area contributed by atoms with Crippen molar-refractivity contribution in [2.75, 3.05) is 0 Å². The van der Waals surface area contributed by atoms with Crippen molar-refractivity contribution in [3.8, 4) is 0 Å². The number of aromatic nitrogens is 2. The monoisotopic (exact) mass is 444 g/mol. The van der Waals surface area contributed by atoms with Crippen LogP contribution in [-0.2, 0) is 17.1 Å². The van der Waals surface area contributed by atoms with Crippen LogP contribution in [0.1, 0.15) is 40.6 Å². The maximum Gasteiger partial charge on any atom is 0.252 e. The van der Waals surface area contributed by atoms with Crippen molar-refractivity contribution in [2.45, 2.75) is 29.8 Å². The molecule has 7 nitrogen and oxygen atoms in total. The second-order valence-corrected chi connectivity index (χ2v) is 9.34. The summed E-state index contributed by atoms with van der Waals surface area (Å²) < 4.78 is 29.6. The van der Waals surface area contributed by atoms with E-state index in [2.05, 4.69) is 15.0 Å². The quantitative estimate of drug-likeness (QED) is 0.585. The van der Waals surface area contributed by atoms with Crippen molar-refractivity contribution in [1.82, 2.24) is 19.6 Å². The van der Waals surface area contributed by atoms with Crippen molar-refractivity contribution in [3.63, 3.8) is 0 Å². The van der Waals surface area contributed by atoms with Crippen LogP contribution >= 0.6 is 11.6 Å². The highest BCUT2D eigenvalue weighted by molar-refractivity contribution is 7.89. The van der Waals surface area contributed by atoms with Gasteiger partial charge in [0.2, 0.25) is 10.0 Å². The van der Waals surface area contributed by atoms with Gasteiger partial charge in [0.15, 0.2) is 0 Å². The molecule has 1 fully saturated rings. The normalized spacial score (nSPS) is 15.0. The number of nitrogens with zero attached hydrogens (tertiary/aromatic N) is 2. The third kappa shape index (κ3) is 4.40. The lowest BCUT2D eigenvalue weighted by atomic mass is 10.1. The lowest BCUT2D eigenvalue weighted by molar-refractivity contribution is 0.0941. The number of amides is 1. The summed E-state index contributed by atoms with van der Waals surface area (Å²) in [4.78, 5) is 17.3. The van der Waals surface area contributed by atoms with Crippen LogP contribution in [0.3, 0.4) is 0 Å². The SMILES string of the molecule is Cn1ccnc1C(NC(=O)c1ccc(Cl)c(S(=O)(=O)NC2CC2)c1)c1ccccc1. The van der Waals surface area contributed by atoms with E-state index < -0.39 is 22.0 Å². The van der Waals surface area contributed by atoms with Crippen LogP contribution in [0, 0.1) is 0 Å². The number of carbonyl (C=O) groups excluding carboxylic acids is 1. The molecule has 3 aromatic rings. The molecule has 1 unspecified atom stereocenters. The van der Waals surface area contributed by atoms with Gasteiger partial charge in [-0.1, -0.05) is 41.9 Å². The fraction of sp³-hybridized carbons (Fsp3) is 0.238. The Morgan fingerprint density at radius 2 is 1.93 bits per heavy atom. The van der Waals surface area contributed by atoms with E-state index in [0.29, 0.717) is 5.82 Å². The minimum Gasteiger partial charge on any atom is -0.338 e. The molecule has 9 heteroatoms. The Hall–Kier alpha value is -2.68. The Morgan fingerprint density at radius 1 is 1.20 bits per heavy atom. The lowest BCUT2D eigenvalue weighted by Crippen LogP contribution is -2.31. The van der Waals surface area contributed by atoms with Gasteiger partial charge in [-0.25, -0.2) is 18.1 Å². The first-order valence-electron chi connectivity index (χ1n) is 9.50. The highest BCUT2D eigenvalue weighted by atomic mass is 35.5. The standard InChI is InChI=1S/C21H21ClN4O3S/c1-26-12-11-23-20(26)19(14-5-3-2-4-6-14)24-21(27)15-7-10-17(22)18(13-15)30(28,29)25-16-8-9-16/h2-7,10-13,16,19,25H,8-9H2,1H3,(H,24,27). The van der Waals surface area contributed by atoms with E-state index in [-0.39, 0.29) is 21.5 Å². The fourth-order valence-electron chi connectivity index (χ4n) is 3.15. The van der Waals surface area contributed by atoms with Crippen molar-refractivity contribution in [3.05, 3.63) is 82.9 Å². The Morgan fingerprint density at radius 3 is 2.57 bits per heavy atom. The largest absolute Gasteiger partial charge is 0.338 e. The van der Waals surface area contributed by atoms with Crippen molar-refractivity contribution in [1.29, 1.82) is 0 Å².